The molecule has 0 aliphatic carbocycles. The van der Waals surface area contributed by atoms with Gasteiger partial charge in [0.15, 0.2) is 9.84 Å². The largest absolute Gasteiger partial charge is 0.395 e. The van der Waals surface area contributed by atoms with E-state index in [4.69, 9.17) is 5.11 Å². The van der Waals surface area contributed by atoms with Gasteiger partial charge < -0.3 is 8.64 Å². The van der Waals surface area contributed by atoms with Gasteiger partial charge in [0.25, 0.3) is 0 Å². The Balaban J connectivity index is 3.07. The van der Waals surface area contributed by atoms with E-state index in [1.165, 1.54) is 12.1 Å². The molecule has 6 heteroatoms. The van der Waals surface area contributed by atoms with E-state index >= 15 is 0 Å². The van der Waals surface area contributed by atoms with Gasteiger partial charge in [-0.05, 0) is 18.2 Å². The van der Waals surface area contributed by atoms with Crippen LogP contribution in [-0.2, 0) is 9.84 Å². The van der Waals surface area contributed by atoms with Crippen LogP contribution in [0.25, 0.3) is 0 Å². The van der Waals surface area contributed by atoms with Gasteiger partial charge in [-0.15, -0.1) is 0 Å². The summed E-state index contributed by atoms with van der Waals surface area (Å²) in [6.45, 7) is -0.357. The first kappa shape index (κ1) is 11.7. The van der Waals surface area contributed by atoms with E-state index in [0.29, 0.717) is 0 Å². The summed E-state index contributed by atoms with van der Waals surface area (Å²) in [6, 6.07) is 6.48. The van der Waals surface area contributed by atoms with Gasteiger partial charge in [-0.3, -0.25) is 0 Å². The molecule has 0 heterocycles. The average molecular weight is 327 g/mol. The maximum Gasteiger partial charge on any atom is 0.180 e. The smallest absolute Gasteiger partial charge is 0.180 e. The third-order valence-corrected chi connectivity index (χ3v) is 3.98. The van der Waals surface area contributed by atoms with Gasteiger partial charge in [-0.2, -0.15) is 0 Å². The zero-order valence-electron chi connectivity index (χ0n) is 7.27. The summed E-state index contributed by atoms with van der Waals surface area (Å²) < 4.78 is 25.8. The van der Waals surface area contributed by atoms with Gasteiger partial charge in [-0.25, -0.2) is 8.42 Å². The zero-order chi connectivity index (χ0) is 10.6. The fourth-order valence-electron chi connectivity index (χ4n) is 0.986. The van der Waals surface area contributed by atoms with Crippen LogP contribution in [0, 0.1) is 0 Å². The summed E-state index contributed by atoms with van der Waals surface area (Å²) in [5.41, 5.74) is 0.726. The van der Waals surface area contributed by atoms with Crippen LogP contribution < -0.4 is 3.53 Å². The lowest BCUT2D eigenvalue weighted by atomic mass is 10.3. The van der Waals surface area contributed by atoms with Crippen LogP contribution in [0.2, 0.25) is 0 Å². The highest BCUT2D eigenvalue weighted by Crippen LogP contribution is 2.17. The van der Waals surface area contributed by atoms with Crippen LogP contribution in [0.15, 0.2) is 29.2 Å². The topological polar surface area (TPSA) is 66.4 Å². The second-order valence-corrected chi connectivity index (χ2v) is 5.31. The van der Waals surface area contributed by atoms with Crippen molar-refractivity contribution >= 4 is 38.4 Å². The predicted molar refractivity (Wildman–Crippen MR) is 63.2 cm³/mol. The van der Waals surface area contributed by atoms with Crippen LogP contribution in [0.3, 0.4) is 0 Å². The molecule has 0 unspecified atom stereocenters. The van der Waals surface area contributed by atoms with E-state index in [2.05, 4.69) is 3.53 Å². The van der Waals surface area contributed by atoms with Gasteiger partial charge in [-0.1, -0.05) is 6.07 Å². The Morgan fingerprint density at radius 3 is 2.71 bits per heavy atom. The predicted octanol–water partition coefficient (Wildman–Crippen LogP) is 1.21. The van der Waals surface area contributed by atoms with Crippen molar-refractivity contribution in [1.29, 1.82) is 0 Å². The second-order valence-electron chi connectivity index (χ2n) is 2.66. The summed E-state index contributed by atoms with van der Waals surface area (Å²) in [6.07, 6.45) is 0. The molecule has 0 saturated heterocycles. The average Bonchev–Trinajstić information content (AvgIpc) is 2.18. The Morgan fingerprint density at radius 2 is 2.14 bits per heavy atom. The number of hydrogen-bond acceptors (Lipinski definition) is 4. The molecule has 0 aromatic heterocycles. The number of rotatable bonds is 4. The van der Waals surface area contributed by atoms with Crippen LogP contribution in [0.4, 0.5) is 5.69 Å². The fourth-order valence-corrected chi connectivity index (χ4v) is 2.39. The Kier molecular flexibility index (Phi) is 4.14. The van der Waals surface area contributed by atoms with E-state index in [-0.39, 0.29) is 17.3 Å². The van der Waals surface area contributed by atoms with Crippen molar-refractivity contribution in [1.82, 2.24) is 0 Å². The van der Waals surface area contributed by atoms with Crippen molar-refractivity contribution in [3.63, 3.8) is 0 Å². The zero-order valence-corrected chi connectivity index (χ0v) is 10.2. The molecule has 0 radical (unpaired) electrons. The van der Waals surface area contributed by atoms with Crippen LogP contribution in [0.5, 0.6) is 0 Å². The second kappa shape index (κ2) is 4.94. The highest BCUT2D eigenvalue weighted by molar-refractivity contribution is 14.1. The van der Waals surface area contributed by atoms with E-state index in [0.717, 1.165) is 5.69 Å². The van der Waals surface area contributed by atoms with Crippen molar-refractivity contribution in [2.24, 2.45) is 0 Å². The SMILES string of the molecule is O=S(=O)(CCO)c1cccc(NI)c1. The molecule has 0 aliphatic heterocycles. The van der Waals surface area contributed by atoms with Gasteiger partial charge in [0.1, 0.15) is 0 Å². The molecular formula is C8H10INO3S. The number of halogens is 1. The van der Waals surface area contributed by atoms with Crippen LogP contribution >= 0.6 is 22.9 Å². The molecule has 0 atom stereocenters. The van der Waals surface area contributed by atoms with E-state index in [9.17, 15) is 8.42 Å². The van der Waals surface area contributed by atoms with Crippen molar-refractivity contribution in [3.8, 4) is 0 Å². The molecule has 0 fully saturated rings. The fraction of sp³-hybridized carbons (Fsp3) is 0.250. The molecule has 0 bridgehead atoms. The van der Waals surface area contributed by atoms with Gasteiger partial charge in [0.05, 0.1) is 40.1 Å². The normalized spacial score (nSPS) is 11.3. The molecule has 1 aromatic carbocycles. The molecule has 4 nitrogen and oxygen atoms in total. The number of aliphatic hydroxyl groups excluding tert-OH is 1. The van der Waals surface area contributed by atoms with Crippen molar-refractivity contribution in [2.75, 3.05) is 15.9 Å². The minimum absolute atomic E-state index is 0.230. The van der Waals surface area contributed by atoms with Gasteiger partial charge >= 0.3 is 0 Å². The minimum atomic E-state index is -3.34. The summed E-state index contributed by atoms with van der Waals surface area (Å²) in [5, 5.41) is 8.59. The number of benzene rings is 1. The molecular weight excluding hydrogens is 317 g/mol. The lowest BCUT2D eigenvalue weighted by Crippen LogP contribution is -2.09. The van der Waals surface area contributed by atoms with Crippen molar-refractivity contribution in [2.45, 2.75) is 4.90 Å². The Bertz CT molecular complexity index is 405. The number of aliphatic hydroxyl groups is 1. The van der Waals surface area contributed by atoms with Crippen molar-refractivity contribution in [3.05, 3.63) is 24.3 Å². The first-order valence-electron chi connectivity index (χ1n) is 3.90. The third-order valence-electron chi connectivity index (χ3n) is 1.66. The van der Waals surface area contributed by atoms with Gasteiger partial charge in [0.2, 0.25) is 0 Å². The summed E-state index contributed by atoms with van der Waals surface area (Å²) >= 11 is 1.93. The highest BCUT2D eigenvalue weighted by atomic mass is 127. The number of anilines is 1. The van der Waals surface area contributed by atoms with Gasteiger partial charge in [0, 0.05) is 5.69 Å². The molecule has 2 N–H and O–H groups in total. The van der Waals surface area contributed by atoms with Crippen LogP contribution in [0.1, 0.15) is 0 Å². The third kappa shape index (κ3) is 2.82. The molecule has 78 valence electrons. The number of sulfone groups is 1. The van der Waals surface area contributed by atoms with E-state index in [1.807, 2.05) is 22.9 Å². The standard InChI is InChI=1S/C8H10INO3S/c9-10-7-2-1-3-8(6-7)14(12,13)5-4-11/h1-3,6,10-11H,4-5H2. The molecule has 1 rings (SSSR count). The minimum Gasteiger partial charge on any atom is -0.395 e. The lowest BCUT2D eigenvalue weighted by molar-refractivity contribution is 0.319. The molecule has 0 spiro atoms. The van der Waals surface area contributed by atoms with E-state index < -0.39 is 9.84 Å². The lowest BCUT2D eigenvalue weighted by Gasteiger charge is -2.04. The number of nitrogens with one attached hydrogen (secondary N) is 1. The maximum absolute atomic E-state index is 11.5. The molecule has 0 aliphatic rings. The first-order chi connectivity index (χ1) is 6.60. The monoisotopic (exact) mass is 327 g/mol. The Morgan fingerprint density at radius 1 is 1.43 bits per heavy atom. The quantitative estimate of drug-likeness (QED) is 0.645. The number of hydrogen-bond donors (Lipinski definition) is 2. The van der Waals surface area contributed by atoms with E-state index in [1.54, 1.807) is 12.1 Å². The maximum atomic E-state index is 11.5. The van der Waals surface area contributed by atoms with Crippen molar-refractivity contribution < 1.29 is 13.5 Å². The first-order valence-corrected chi connectivity index (χ1v) is 6.63. The Labute approximate surface area is 96.7 Å². The Hall–Kier alpha value is -0.340. The summed E-state index contributed by atoms with van der Waals surface area (Å²) in [5.74, 6) is -0.238. The molecule has 14 heavy (non-hydrogen) atoms. The molecule has 0 saturated carbocycles. The molecule has 1 aromatic rings. The highest BCUT2D eigenvalue weighted by Gasteiger charge is 2.13. The molecule has 0 amide bonds. The van der Waals surface area contributed by atoms with Crippen LogP contribution in [-0.4, -0.2) is 25.9 Å². The summed E-state index contributed by atoms with van der Waals surface area (Å²) in [7, 11) is -3.34. The summed E-state index contributed by atoms with van der Waals surface area (Å²) in [4.78, 5) is 0.230.